The number of rotatable bonds is 9. The van der Waals surface area contributed by atoms with Gasteiger partial charge in [-0.2, -0.15) is 0 Å². The molecule has 1 saturated heterocycles. The fourth-order valence-electron chi connectivity index (χ4n) is 3.21. The molecule has 10 nitrogen and oxygen atoms in total. The molecule has 1 fully saturated rings. The van der Waals surface area contributed by atoms with Crippen LogP contribution in [0, 0.1) is 5.92 Å². The number of hydrogen-bond acceptors (Lipinski definition) is 6. The maximum Gasteiger partial charge on any atom is 0.417 e. The Balaban J connectivity index is 2.04. The number of carboxylic acid groups (broad SMARTS) is 1. The third-order valence-corrected chi connectivity index (χ3v) is 4.67. The number of nitrogens with one attached hydrogen (secondary N) is 2. The molecule has 4 amide bonds. The van der Waals surface area contributed by atoms with Crippen molar-refractivity contribution in [1.82, 2.24) is 15.5 Å². The Labute approximate surface area is 179 Å². The van der Waals surface area contributed by atoms with Crippen LogP contribution in [-0.2, 0) is 30.5 Å². The average Bonchev–Trinajstić information content (AvgIpc) is 3.11. The highest BCUT2D eigenvalue weighted by Crippen LogP contribution is 2.21. The highest BCUT2D eigenvalue weighted by molar-refractivity contribution is 6.01. The number of amides is 4. The molecule has 0 saturated carbocycles. The lowest BCUT2D eigenvalue weighted by molar-refractivity contribution is -0.139. The number of imide groups is 1. The van der Waals surface area contributed by atoms with Gasteiger partial charge in [0.2, 0.25) is 17.7 Å². The molecule has 2 unspecified atom stereocenters. The van der Waals surface area contributed by atoms with Crippen molar-refractivity contribution in [1.29, 1.82) is 0 Å². The topological polar surface area (TPSA) is 142 Å². The Morgan fingerprint density at radius 2 is 1.87 bits per heavy atom. The highest BCUT2D eigenvalue weighted by atomic mass is 16.6. The third kappa shape index (κ3) is 7.09. The van der Waals surface area contributed by atoms with Crippen LogP contribution in [0.4, 0.5) is 4.79 Å². The molecule has 10 heteroatoms. The predicted molar refractivity (Wildman–Crippen MR) is 109 cm³/mol. The zero-order chi connectivity index (χ0) is 23.0. The molecule has 1 aliphatic heterocycles. The molecule has 3 N–H and O–H groups in total. The SMILES string of the molecule is CC(C)CC(NC(=O)C1CCC(=O)N1C(=O)OCc1ccccc1)C(=O)NCC(=O)O. The minimum absolute atomic E-state index is 0.00141. The smallest absolute Gasteiger partial charge is 0.417 e. The highest BCUT2D eigenvalue weighted by Gasteiger charge is 2.42. The summed E-state index contributed by atoms with van der Waals surface area (Å²) < 4.78 is 5.19. The first-order chi connectivity index (χ1) is 14.7. The fourth-order valence-corrected chi connectivity index (χ4v) is 3.21. The molecule has 0 aliphatic carbocycles. The number of carboxylic acids is 1. The van der Waals surface area contributed by atoms with Crippen LogP contribution in [0.2, 0.25) is 0 Å². The number of likely N-dealkylation sites (tertiary alicyclic amines) is 1. The summed E-state index contributed by atoms with van der Waals surface area (Å²) in [7, 11) is 0. The van der Waals surface area contributed by atoms with E-state index in [2.05, 4.69) is 10.6 Å². The van der Waals surface area contributed by atoms with E-state index in [9.17, 15) is 24.0 Å². The maximum absolute atomic E-state index is 12.8. The van der Waals surface area contributed by atoms with Crippen molar-refractivity contribution in [3.05, 3.63) is 35.9 Å². The minimum atomic E-state index is -1.21. The number of benzene rings is 1. The normalized spacial score (nSPS) is 16.7. The first kappa shape index (κ1) is 23.8. The van der Waals surface area contributed by atoms with Gasteiger partial charge in [-0.15, -0.1) is 0 Å². The zero-order valence-electron chi connectivity index (χ0n) is 17.5. The van der Waals surface area contributed by atoms with Crippen molar-refractivity contribution in [2.45, 2.75) is 51.8 Å². The van der Waals surface area contributed by atoms with Crippen LogP contribution in [0.25, 0.3) is 0 Å². The Hall–Kier alpha value is -3.43. The van der Waals surface area contributed by atoms with Gasteiger partial charge in [-0.3, -0.25) is 19.2 Å². The fraction of sp³-hybridized carbons (Fsp3) is 0.476. The molecule has 168 valence electrons. The number of hydrogen-bond donors (Lipinski definition) is 3. The van der Waals surface area contributed by atoms with Gasteiger partial charge in [-0.1, -0.05) is 44.2 Å². The van der Waals surface area contributed by atoms with Crippen molar-refractivity contribution in [2.75, 3.05) is 6.54 Å². The molecule has 0 spiro atoms. The first-order valence-electron chi connectivity index (χ1n) is 10.0. The van der Waals surface area contributed by atoms with Gasteiger partial charge >= 0.3 is 12.1 Å². The number of carbonyl (C=O) groups excluding carboxylic acids is 4. The second kappa shape index (κ2) is 11.1. The molecule has 31 heavy (non-hydrogen) atoms. The number of ether oxygens (including phenoxy) is 1. The quantitative estimate of drug-likeness (QED) is 0.528. The van der Waals surface area contributed by atoms with Crippen LogP contribution in [0.1, 0.15) is 38.7 Å². The molecule has 1 aromatic rings. The van der Waals surface area contributed by atoms with Gasteiger partial charge in [0.25, 0.3) is 0 Å². The van der Waals surface area contributed by atoms with Crippen molar-refractivity contribution < 1.29 is 33.8 Å². The van der Waals surface area contributed by atoms with E-state index in [0.717, 1.165) is 10.5 Å². The van der Waals surface area contributed by atoms with E-state index in [4.69, 9.17) is 9.84 Å². The van der Waals surface area contributed by atoms with E-state index in [-0.39, 0.29) is 31.8 Å². The molecule has 0 aromatic heterocycles. The summed E-state index contributed by atoms with van der Waals surface area (Å²) >= 11 is 0. The van der Waals surface area contributed by atoms with Gasteiger partial charge in [0.15, 0.2) is 0 Å². The van der Waals surface area contributed by atoms with Gasteiger partial charge in [0.1, 0.15) is 25.2 Å². The van der Waals surface area contributed by atoms with Gasteiger partial charge in [-0.25, -0.2) is 9.69 Å². The van der Waals surface area contributed by atoms with E-state index in [0.29, 0.717) is 0 Å². The molecule has 0 bridgehead atoms. The second-order valence-corrected chi connectivity index (χ2v) is 7.66. The van der Waals surface area contributed by atoms with Crippen molar-refractivity contribution in [3.8, 4) is 0 Å². The van der Waals surface area contributed by atoms with Crippen molar-refractivity contribution in [3.63, 3.8) is 0 Å². The number of aliphatic carboxylic acids is 1. The standard InChI is InChI=1S/C21H27N3O7/c1-13(2)10-15(19(28)22-11-18(26)27)23-20(29)16-8-9-17(25)24(16)21(30)31-12-14-6-4-3-5-7-14/h3-7,13,15-16H,8-12H2,1-2H3,(H,22,28)(H,23,29)(H,26,27). The van der Waals surface area contributed by atoms with Crippen LogP contribution < -0.4 is 10.6 Å². The molecule has 1 heterocycles. The molecule has 1 aromatic carbocycles. The molecular weight excluding hydrogens is 406 g/mol. The molecule has 1 aliphatic rings. The van der Waals surface area contributed by atoms with Crippen LogP contribution in [0.5, 0.6) is 0 Å². The summed E-state index contributed by atoms with van der Waals surface area (Å²) in [6.45, 7) is 3.06. The van der Waals surface area contributed by atoms with Crippen LogP contribution in [-0.4, -0.2) is 58.4 Å². The lowest BCUT2D eigenvalue weighted by Crippen LogP contribution is -2.54. The van der Waals surface area contributed by atoms with E-state index in [1.165, 1.54) is 0 Å². The molecule has 2 atom stereocenters. The van der Waals surface area contributed by atoms with E-state index in [1.807, 2.05) is 19.9 Å². The monoisotopic (exact) mass is 433 g/mol. The largest absolute Gasteiger partial charge is 0.480 e. The maximum atomic E-state index is 12.8. The van der Waals surface area contributed by atoms with Crippen molar-refractivity contribution >= 4 is 29.8 Å². The summed E-state index contributed by atoms with van der Waals surface area (Å²) in [5.41, 5.74) is 0.732. The predicted octanol–water partition coefficient (Wildman–Crippen LogP) is 1.05. The summed E-state index contributed by atoms with van der Waals surface area (Å²) in [6.07, 6.45) is -0.562. The Morgan fingerprint density at radius 1 is 1.19 bits per heavy atom. The van der Waals surface area contributed by atoms with Crippen LogP contribution in [0.15, 0.2) is 30.3 Å². The second-order valence-electron chi connectivity index (χ2n) is 7.66. The summed E-state index contributed by atoms with van der Waals surface area (Å²) in [5, 5.41) is 13.5. The third-order valence-electron chi connectivity index (χ3n) is 4.67. The van der Waals surface area contributed by atoms with E-state index >= 15 is 0 Å². The summed E-state index contributed by atoms with van der Waals surface area (Å²) in [5.74, 6) is -3.03. The Bertz CT molecular complexity index is 826. The summed E-state index contributed by atoms with van der Waals surface area (Å²) in [6, 6.07) is 6.80. The minimum Gasteiger partial charge on any atom is -0.480 e. The lowest BCUT2D eigenvalue weighted by Gasteiger charge is -2.25. The van der Waals surface area contributed by atoms with E-state index < -0.39 is 48.4 Å². The summed E-state index contributed by atoms with van der Waals surface area (Å²) in [4.78, 5) is 61.3. The van der Waals surface area contributed by atoms with Crippen LogP contribution in [0.3, 0.4) is 0 Å². The molecule has 0 radical (unpaired) electrons. The molecule has 2 rings (SSSR count). The van der Waals surface area contributed by atoms with Gasteiger partial charge in [0.05, 0.1) is 0 Å². The van der Waals surface area contributed by atoms with Crippen LogP contribution >= 0.6 is 0 Å². The van der Waals surface area contributed by atoms with Gasteiger partial charge < -0.3 is 20.5 Å². The lowest BCUT2D eigenvalue weighted by atomic mass is 10.0. The van der Waals surface area contributed by atoms with Gasteiger partial charge in [-0.05, 0) is 24.3 Å². The van der Waals surface area contributed by atoms with E-state index in [1.54, 1.807) is 24.3 Å². The average molecular weight is 433 g/mol. The Kier molecular flexibility index (Phi) is 8.53. The zero-order valence-corrected chi connectivity index (χ0v) is 17.5. The van der Waals surface area contributed by atoms with Gasteiger partial charge in [0, 0.05) is 6.42 Å². The molecular formula is C21H27N3O7. The van der Waals surface area contributed by atoms with Crippen molar-refractivity contribution in [2.24, 2.45) is 5.92 Å². The number of nitrogens with zero attached hydrogens (tertiary/aromatic N) is 1. The first-order valence-corrected chi connectivity index (χ1v) is 10.0. The Morgan fingerprint density at radius 3 is 2.48 bits per heavy atom. The number of carbonyl (C=O) groups is 5.